The van der Waals surface area contributed by atoms with E-state index in [0.717, 1.165) is 38.0 Å². The lowest BCUT2D eigenvalue weighted by Gasteiger charge is -2.32. The van der Waals surface area contributed by atoms with Gasteiger partial charge in [-0.25, -0.2) is 0 Å². The van der Waals surface area contributed by atoms with Crippen LogP contribution >= 0.6 is 0 Å². The van der Waals surface area contributed by atoms with E-state index in [-0.39, 0.29) is 18.1 Å². The maximum Gasteiger partial charge on any atom is 0.244 e. The predicted octanol–water partition coefficient (Wildman–Crippen LogP) is 2.92. The molecular weight excluding hydrogens is 288 g/mol. The summed E-state index contributed by atoms with van der Waals surface area (Å²) in [6, 6.07) is 8.18. The van der Waals surface area contributed by atoms with Crippen molar-refractivity contribution in [3.63, 3.8) is 0 Å². The highest BCUT2D eigenvalue weighted by atomic mass is 16.5. The smallest absolute Gasteiger partial charge is 0.244 e. The van der Waals surface area contributed by atoms with Crippen LogP contribution in [0.1, 0.15) is 31.2 Å². The molecule has 23 heavy (non-hydrogen) atoms. The molecule has 0 bridgehead atoms. The first-order valence-electron chi connectivity index (χ1n) is 8.39. The Hall–Kier alpha value is -1.81. The number of ether oxygens (including phenoxy) is 1. The van der Waals surface area contributed by atoms with E-state index < -0.39 is 0 Å². The Morgan fingerprint density at radius 1 is 1.35 bits per heavy atom. The van der Waals surface area contributed by atoms with Crippen LogP contribution in [-0.2, 0) is 4.79 Å². The summed E-state index contributed by atoms with van der Waals surface area (Å²) >= 11 is 0. The molecule has 4 heteroatoms. The van der Waals surface area contributed by atoms with Crippen molar-refractivity contribution in [2.75, 3.05) is 20.6 Å². The standard InChI is InChI=1S/C19H28N2O2/c1-15-8-6-9-16(14-15)23-18-11-5-4-10-17(18)20-19(22)12-7-13-21(2)3/h6-9,12,14,17-18H,4-5,10-11,13H2,1-3H3,(H,20,22)/b12-7+. The van der Waals surface area contributed by atoms with Crippen molar-refractivity contribution in [2.24, 2.45) is 0 Å². The van der Waals surface area contributed by atoms with Crippen molar-refractivity contribution in [2.45, 2.75) is 44.8 Å². The summed E-state index contributed by atoms with van der Waals surface area (Å²) in [6.45, 7) is 2.82. The van der Waals surface area contributed by atoms with E-state index in [1.54, 1.807) is 6.08 Å². The van der Waals surface area contributed by atoms with E-state index in [1.807, 2.05) is 43.3 Å². The third-order valence-electron chi connectivity index (χ3n) is 4.05. The normalized spacial score (nSPS) is 21.6. The van der Waals surface area contributed by atoms with E-state index in [0.29, 0.717) is 0 Å². The molecule has 1 fully saturated rings. The molecule has 1 saturated carbocycles. The molecule has 2 rings (SSSR count). The molecule has 0 saturated heterocycles. The Bertz CT molecular complexity index is 540. The van der Waals surface area contributed by atoms with Gasteiger partial charge in [0.15, 0.2) is 0 Å². The number of likely N-dealkylation sites (N-methyl/N-ethyl adjacent to an activating group) is 1. The minimum atomic E-state index is -0.0309. The fourth-order valence-electron chi connectivity index (χ4n) is 2.87. The van der Waals surface area contributed by atoms with Crippen LogP contribution in [0.15, 0.2) is 36.4 Å². The highest BCUT2D eigenvalue weighted by Gasteiger charge is 2.27. The Balaban J connectivity index is 1.92. The van der Waals surface area contributed by atoms with Crippen molar-refractivity contribution in [3.8, 4) is 5.75 Å². The number of amides is 1. The van der Waals surface area contributed by atoms with Crippen molar-refractivity contribution >= 4 is 5.91 Å². The Morgan fingerprint density at radius 3 is 2.87 bits per heavy atom. The number of aryl methyl sites for hydroxylation is 1. The first-order chi connectivity index (χ1) is 11.0. The first-order valence-corrected chi connectivity index (χ1v) is 8.39. The number of hydrogen-bond acceptors (Lipinski definition) is 3. The number of rotatable bonds is 6. The van der Waals surface area contributed by atoms with Crippen molar-refractivity contribution in [3.05, 3.63) is 42.0 Å². The zero-order valence-electron chi connectivity index (χ0n) is 14.4. The summed E-state index contributed by atoms with van der Waals surface area (Å²) in [5, 5.41) is 3.11. The summed E-state index contributed by atoms with van der Waals surface area (Å²) in [5.74, 6) is 0.857. The fourth-order valence-corrected chi connectivity index (χ4v) is 2.87. The molecule has 126 valence electrons. The number of hydrogen-bond donors (Lipinski definition) is 1. The predicted molar refractivity (Wildman–Crippen MR) is 93.7 cm³/mol. The number of carbonyl (C=O) groups excluding carboxylic acids is 1. The number of carbonyl (C=O) groups is 1. The van der Waals surface area contributed by atoms with Gasteiger partial charge in [0, 0.05) is 12.6 Å². The molecule has 0 heterocycles. The molecule has 1 N–H and O–H groups in total. The van der Waals surface area contributed by atoms with E-state index >= 15 is 0 Å². The van der Waals surface area contributed by atoms with Crippen LogP contribution in [0.5, 0.6) is 5.75 Å². The third-order valence-corrected chi connectivity index (χ3v) is 4.05. The van der Waals surface area contributed by atoms with Gasteiger partial charge in [0.1, 0.15) is 11.9 Å². The SMILES string of the molecule is Cc1cccc(OC2CCCCC2NC(=O)/C=C/CN(C)C)c1. The highest BCUT2D eigenvalue weighted by Crippen LogP contribution is 2.24. The van der Waals surface area contributed by atoms with Gasteiger partial charge < -0.3 is 15.0 Å². The van der Waals surface area contributed by atoms with E-state index in [2.05, 4.69) is 18.3 Å². The minimum absolute atomic E-state index is 0.0309. The second-order valence-electron chi connectivity index (χ2n) is 6.54. The Labute approximate surface area is 139 Å². The van der Waals surface area contributed by atoms with Gasteiger partial charge in [-0.05, 0) is 58.0 Å². The highest BCUT2D eigenvalue weighted by molar-refractivity contribution is 5.87. The summed E-state index contributed by atoms with van der Waals surface area (Å²) < 4.78 is 6.15. The van der Waals surface area contributed by atoms with Crippen LogP contribution in [0.2, 0.25) is 0 Å². The van der Waals surface area contributed by atoms with E-state index in [9.17, 15) is 4.79 Å². The van der Waals surface area contributed by atoms with Crippen LogP contribution in [0, 0.1) is 6.92 Å². The lowest BCUT2D eigenvalue weighted by atomic mass is 9.92. The number of nitrogens with one attached hydrogen (secondary N) is 1. The Morgan fingerprint density at radius 2 is 2.13 bits per heavy atom. The molecule has 0 radical (unpaired) electrons. The zero-order valence-corrected chi connectivity index (χ0v) is 14.4. The molecule has 1 aromatic carbocycles. The largest absolute Gasteiger partial charge is 0.488 e. The van der Waals surface area contributed by atoms with Gasteiger partial charge in [0.05, 0.1) is 6.04 Å². The molecule has 0 aromatic heterocycles. The molecule has 2 unspecified atom stereocenters. The molecular formula is C19H28N2O2. The van der Waals surface area contributed by atoms with Gasteiger partial charge in [0.25, 0.3) is 0 Å². The number of nitrogens with zero attached hydrogens (tertiary/aromatic N) is 1. The second-order valence-corrected chi connectivity index (χ2v) is 6.54. The summed E-state index contributed by atoms with van der Waals surface area (Å²) in [5.41, 5.74) is 1.19. The quantitative estimate of drug-likeness (QED) is 0.821. The van der Waals surface area contributed by atoms with Gasteiger partial charge in [-0.1, -0.05) is 24.6 Å². The maximum absolute atomic E-state index is 12.1. The van der Waals surface area contributed by atoms with Crippen LogP contribution in [0.25, 0.3) is 0 Å². The third kappa shape index (κ3) is 6.06. The summed E-state index contributed by atoms with van der Waals surface area (Å²) in [7, 11) is 3.96. The second kappa shape index (κ2) is 8.73. The molecule has 0 spiro atoms. The molecule has 2 atom stereocenters. The van der Waals surface area contributed by atoms with Crippen molar-refractivity contribution in [1.82, 2.24) is 10.2 Å². The van der Waals surface area contributed by atoms with Gasteiger partial charge in [0.2, 0.25) is 5.91 Å². The first kappa shape index (κ1) is 17.5. The van der Waals surface area contributed by atoms with Crippen molar-refractivity contribution in [1.29, 1.82) is 0 Å². The van der Waals surface area contributed by atoms with Crippen LogP contribution in [0.3, 0.4) is 0 Å². The lowest BCUT2D eigenvalue weighted by molar-refractivity contribution is -0.118. The lowest BCUT2D eigenvalue weighted by Crippen LogP contribution is -2.47. The van der Waals surface area contributed by atoms with Gasteiger partial charge in [-0.2, -0.15) is 0 Å². The fraction of sp³-hybridized carbons (Fsp3) is 0.526. The maximum atomic E-state index is 12.1. The molecule has 1 amide bonds. The monoisotopic (exact) mass is 316 g/mol. The van der Waals surface area contributed by atoms with E-state index in [1.165, 1.54) is 5.56 Å². The van der Waals surface area contributed by atoms with Gasteiger partial charge in [-0.15, -0.1) is 0 Å². The van der Waals surface area contributed by atoms with E-state index in [4.69, 9.17) is 4.74 Å². The summed E-state index contributed by atoms with van der Waals surface area (Å²) in [6.07, 6.45) is 7.81. The zero-order chi connectivity index (χ0) is 16.7. The van der Waals surface area contributed by atoms with Crippen LogP contribution in [0.4, 0.5) is 0 Å². The average Bonchev–Trinajstić information content (AvgIpc) is 2.49. The van der Waals surface area contributed by atoms with Crippen molar-refractivity contribution < 1.29 is 9.53 Å². The van der Waals surface area contributed by atoms with Gasteiger partial charge >= 0.3 is 0 Å². The number of benzene rings is 1. The topological polar surface area (TPSA) is 41.6 Å². The molecule has 0 aliphatic heterocycles. The average molecular weight is 316 g/mol. The molecule has 1 aliphatic carbocycles. The molecule has 1 aliphatic rings. The van der Waals surface area contributed by atoms with Crippen LogP contribution in [-0.4, -0.2) is 43.6 Å². The Kier molecular flexibility index (Phi) is 6.66. The summed E-state index contributed by atoms with van der Waals surface area (Å²) in [4.78, 5) is 14.1. The van der Waals surface area contributed by atoms with Gasteiger partial charge in [-0.3, -0.25) is 4.79 Å². The molecule has 1 aromatic rings. The molecule has 4 nitrogen and oxygen atoms in total. The van der Waals surface area contributed by atoms with Crippen LogP contribution < -0.4 is 10.1 Å². The minimum Gasteiger partial charge on any atom is -0.488 e.